The van der Waals surface area contributed by atoms with Gasteiger partial charge in [-0.25, -0.2) is 0 Å². The summed E-state index contributed by atoms with van der Waals surface area (Å²) in [5.41, 5.74) is 21.7. The van der Waals surface area contributed by atoms with Gasteiger partial charge in [0.15, 0.2) is 33.8 Å². The van der Waals surface area contributed by atoms with Gasteiger partial charge in [0.05, 0.1) is 26.8 Å². The maximum atomic E-state index is 7.55. The van der Waals surface area contributed by atoms with Gasteiger partial charge in [-0.2, -0.15) is 0 Å². The fourth-order valence-corrected chi connectivity index (χ4v) is 20.1. The molecule has 0 spiro atoms. The largest absolute Gasteiger partial charge is 0.453 e. The van der Waals surface area contributed by atoms with Gasteiger partial charge >= 0.3 is 16.5 Å². The lowest BCUT2D eigenvalue weighted by Crippen LogP contribution is -2.11. The molecule has 74 heavy (non-hydrogen) atoms. The van der Waals surface area contributed by atoms with Gasteiger partial charge in [-0.3, -0.25) is 0 Å². The lowest BCUT2D eigenvalue weighted by atomic mass is 9.80. The molecule has 2 aromatic heterocycles. The number of hydrogen-bond acceptors (Lipinski definition) is 6. The van der Waals surface area contributed by atoms with E-state index in [1.54, 1.807) is 0 Å². The first kappa shape index (κ1) is 49.9. The van der Waals surface area contributed by atoms with Crippen molar-refractivity contribution in [3.8, 4) is 22.6 Å². The van der Waals surface area contributed by atoms with Crippen LogP contribution in [0.5, 0.6) is 11.5 Å². The standard InChI is InChI=1S/C60H54Br6O6P2/c61-43-25-31-13-1-7-19-37(31)49-50-38-20-8-2-14-32(38)26-44(62)56(50)68-73(67-55(43)49)71-59-47(65)29-35-17-5-11-23-41(35)53(59)54-42-24-12-6-18-36(42)30-48(66)60(54)72-74-69-57-45(63)27-33-15-3-9-21-39(33)51(57)52-40-22-10-4-16-34(40)28-46(64)58(52)70-74/h25-30H,1-24H2. The molecule has 0 saturated carbocycles. The Morgan fingerprint density at radius 1 is 0.284 bits per heavy atom. The summed E-state index contributed by atoms with van der Waals surface area (Å²) < 4.78 is 49.8. The smallest absolute Gasteiger partial charge is 0.389 e. The minimum atomic E-state index is -2.06. The van der Waals surface area contributed by atoms with Crippen LogP contribution in [0.4, 0.5) is 0 Å². The Morgan fingerprint density at radius 2 is 0.500 bits per heavy atom. The topological polar surface area (TPSA) is 71.0 Å². The third kappa shape index (κ3) is 8.56. The van der Waals surface area contributed by atoms with Crippen LogP contribution in [0.25, 0.3) is 55.0 Å². The highest BCUT2D eigenvalue weighted by Crippen LogP contribution is 2.57. The van der Waals surface area contributed by atoms with E-state index in [4.69, 9.17) is 25.8 Å². The van der Waals surface area contributed by atoms with E-state index >= 15 is 0 Å². The fourth-order valence-electron chi connectivity index (χ4n) is 13.8. The molecule has 6 aliphatic carbocycles. The Balaban J connectivity index is 1.03. The van der Waals surface area contributed by atoms with Gasteiger partial charge in [-0.05, 0) is 353 Å². The zero-order valence-electron chi connectivity index (χ0n) is 41.0. The maximum Gasteiger partial charge on any atom is 0.453 e. The Bertz CT molecular complexity index is 3390. The van der Waals surface area contributed by atoms with E-state index in [2.05, 4.69) is 132 Å². The minimum Gasteiger partial charge on any atom is -0.389 e. The van der Waals surface area contributed by atoms with Crippen LogP contribution < -0.4 is 9.05 Å². The van der Waals surface area contributed by atoms with Gasteiger partial charge in [0.1, 0.15) is 0 Å². The minimum absolute atomic E-state index is 0.704. The summed E-state index contributed by atoms with van der Waals surface area (Å²) in [5.74, 6) is 1.41. The van der Waals surface area contributed by atoms with E-state index < -0.39 is 16.5 Å². The second kappa shape index (κ2) is 20.4. The molecule has 0 aliphatic heterocycles. The molecular weight excluding hydrogens is 1360 g/mol. The van der Waals surface area contributed by atoms with Crippen LogP contribution in [0, 0.1) is 0 Å². The van der Waals surface area contributed by atoms with Gasteiger partial charge in [-0.1, -0.05) is 0 Å². The number of rotatable bonds is 5. The predicted molar refractivity (Wildman–Crippen MR) is 323 cm³/mol. The molecule has 0 N–H and O–H groups in total. The summed E-state index contributed by atoms with van der Waals surface area (Å²) in [4.78, 5) is 0. The molecule has 0 saturated heterocycles. The highest BCUT2D eigenvalue weighted by Gasteiger charge is 2.34. The Kier molecular flexibility index (Phi) is 13.7. The Labute approximate surface area is 483 Å². The summed E-state index contributed by atoms with van der Waals surface area (Å²) in [5, 5.41) is 4.69. The van der Waals surface area contributed by atoms with Crippen molar-refractivity contribution in [3.05, 3.63) is 130 Å². The van der Waals surface area contributed by atoms with Gasteiger partial charge in [0, 0.05) is 32.7 Å². The van der Waals surface area contributed by atoms with Crippen molar-refractivity contribution in [1.29, 1.82) is 0 Å². The van der Waals surface area contributed by atoms with Crippen molar-refractivity contribution in [3.63, 3.8) is 0 Å². The highest BCUT2D eigenvalue weighted by molar-refractivity contribution is 9.11. The van der Waals surface area contributed by atoms with E-state index in [-0.39, 0.29) is 0 Å². The molecule has 6 aliphatic rings. The number of fused-ring (bicyclic) bond motifs is 16. The second-order valence-electron chi connectivity index (χ2n) is 21.4. The van der Waals surface area contributed by atoms with Crippen molar-refractivity contribution >= 4 is 156 Å². The average molecular weight is 1410 g/mol. The molecule has 0 bridgehead atoms. The highest BCUT2D eigenvalue weighted by atomic mass is 79.9. The number of halogens is 6. The van der Waals surface area contributed by atoms with Crippen LogP contribution in [0.15, 0.2) is 80.0 Å². The number of aryl methyl sites for hydroxylation is 10. The van der Waals surface area contributed by atoms with Gasteiger partial charge in [-0.15, -0.1) is 0 Å². The zero-order valence-corrected chi connectivity index (χ0v) is 52.4. The molecular formula is C60H54Br6O6P2. The van der Waals surface area contributed by atoms with E-state index in [0.29, 0.717) is 11.5 Å². The quantitative estimate of drug-likeness (QED) is 0.171. The predicted octanol–water partition coefficient (Wildman–Crippen LogP) is 22.1. The fraction of sp³-hybridized carbons (Fsp3) is 0.400. The molecule has 6 nitrogen and oxygen atoms in total. The lowest BCUT2D eigenvalue weighted by molar-refractivity contribution is 0.489. The molecule has 14 rings (SSSR count). The summed E-state index contributed by atoms with van der Waals surface area (Å²) >= 11 is 24.6. The number of benzene rings is 6. The summed E-state index contributed by atoms with van der Waals surface area (Å²) in [6, 6.07) is 13.8. The van der Waals surface area contributed by atoms with E-state index in [1.165, 1.54) is 114 Å². The zero-order chi connectivity index (χ0) is 49.9. The molecule has 0 unspecified atom stereocenters. The molecule has 6 aromatic carbocycles. The lowest BCUT2D eigenvalue weighted by Gasteiger charge is -2.28. The first-order valence-corrected chi connectivity index (χ1v) is 33.9. The first-order valence-electron chi connectivity index (χ1n) is 26.9. The van der Waals surface area contributed by atoms with Crippen LogP contribution in [0.2, 0.25) is 0 Å². The molecule has 14 heteroatoms. The van der Waals surface area contributed by atoms with Gasteiger partial charge in [0.25, 0.3) is 0 Å². The van der Waals surface area contributed by atoms with Gasteiger partial charge < -0.3 is 25.8 Å². The van der Waals surface area contributed by atoms with Crippen LogP contribution in [0.1, 0.15) is 144 Å². The third-order valence-corrected chi connectivity index (χ3v) is 22.6. The third-order valence-electron chi connectivity index (χ3n) is 17.1. The first-order chi connectivity index (χ1) is 36.2. The van der Waals surface area contributed by atoms with Crippen LogP contribution in [-0.4, -0.2) is 0 Å². The number of hydrogen-bond donors (Lipinski definition) is 0. The van der Waals surface area contributed by atoms with Gasteiger partial charge in [0.2, 0.25) is 0 Å². The van der Waals surface area contributed by atoms with E-state index in [0.717, 1.165) is 189 Å². The van der Waals surface area contributed by atoms with E-state index in [9.17, 15) is 0 Å². The van der Waals surface area contributed by atoms with E-state index in [1.807, 2.05) is 0 Å². The average Bonchev–Trinajstić information content (AvgIpc) is 3.71. The Morgan fingerprint density at radius 3 is 0.770 bits per heavy atom. The molecule has 8 aromatic rings. The molecule has 0 atom stereocenters. The van der Waals surface area contributed by atoms with Crippen molar-refractivity contribution in [2.45, 2.75) is 154 Å². The van der Waals surface area contributed by atoms with Crippen molar-refractivity contribution in [2.24, 2.45) is 0 Å². The van der Waals surface area contributed by atoms with Crippen molar-refractivity contribution in [2.75, 3.05) is 0 Å². The van der Waals surface area contributed by atoms with Crippen LogP contribution in [0.3, 0.4) is 0 Å². The monoisotopic (exact) mass is 1410 g/mol. The summed E-state index contributed by atoms with van der Waals surface area (Å²) in [7, 11) is -4.13. The molecule has 0 radical (unpaired) electrons. The molecule has 0 amide bonds. The van der Waals surface area contributed by atoms with Crippen molar-refractivity contribution in [1.82, 2.24) is 0 Å². The summed E-state index contributed by atoms with van der Waals surface area (Å²) in [6.07, 6.45) is 25.8. The van der Waals surface area contributed by atoms with Crippen LogP contribution in [-0.2, 0) is 77.0 Å². The summed E-state index contributed by atoms with van der Waals surface area (Å²) in [6.45, 7) is 0. The van der Waals surface area contributed by atoms with Crippen LogP contribution >= 0.6 is 112 Å². The SMILES string of the molecule is Brc1cc2c(c(-c3c4c(cc(Br)c3Op3oc5c(Br)cc6c(c5c5c7c(cc(Br)c5o3)CCCC7)CCCC6)CCCC4)c1Op1oc3c(Br)cc4c(c3c3c5c(cc(Br)c3o1)CCCC5)CCCC4)CCCC2. The molecule has 382 valence electrons. The second-order valence-corrected chi connectivity index (χ2v) is 28.6. The molecule has 2 heterocycles. The normalized spacial score (nSPS) is 17.1. The Hall–Kier alpha value is -2.40. The maximum absolute atomic E-state index is 7.55. The van der Waals surface area contributed by atoms with Crippen molar-refractivity contribution < 1.29 is 25.8 Å². The molecule has 0 fully saturated rings.